The Labute approximate surface area is 224 Å². The Morgan fingerprint density at radius 1 is 1.08 bits per heavy atom. The van der Waals surface area contributed by atoms with Crippen molar-refractivity contribution in [1.82, 2.24) is 20.9 Å². The number of aldehydes is 1. The zero-order valence-corrected chi connectivity index (χ0v) is 22.7. The molecule has 208 valence electrons. The minimum absolute atomic E-state index is 0.0258. The monoisotopic (exact) mass is 528 g/mol. The lowest BCUT2D eigenvalue weighted by Gasteiger charge is -2.35. The summed E-state index contributed by atoms with van der Waals surface area (Å²) in [7, 11) is 0. The van der Waals surface area contributed by atoms with Gasteiger partial charge in [0.2, 0.25) is 23.6 Å². The summed E-state index contributed by atoms with van der Waals surface area (Å²) in [5.74, 6) is -0.987. The second-order valence-corrected chi connectivity index (χ2v) is 10.6. The van der Waals surface area contributed by atoms with E-state index in [4.69, 9.17) is 4.74 Å². The number of hydrogen-bond acceptors (Lipinski definition) is 6. The van der Waals surface area contributed by atoms with Crippen molar-refractivity contribution in [3.05, 3.63) is 29.8 Å². The highest BCUT2D eigenvalue weighted by molar-refractivity contribution is 5.99. The Balaban J connectivity index is 1.92. The van der Waals surface area contributed by atoms with Gasteiger partial charge in [0.1, 0.15) is 35.7 Å². The molecule has 1 aromatic rings. The van der Waals surface area contributed by atoms with Gasteiger partial charge in [-0.15, -0.1) is 0 Å². The van der Waals surface area contributed by atoms with Crippen molar-refractivity contribution in [3.63, 3.8) is 0 Å². The quantitative estimate of drug-likeness (QED) is 0.330. The zero-order chi connectivity index (χ0) is 27.9. The van der Waals surface area contributed by atoms with Crippen molar-refractivity contribution >= 4 is 29.9 Å². The molecule has 0 spiro atoms. The number of carbonyl (C=O) groups is 5. The highest BCUT2D eigenvalue weighted by Crippen LogP contribution is 2.23. The van der Waals surface area contributed by atoms with Crippen LogP contribution >= 0.6 is 0 Å². The maximum Gasteiger partial charge on any atom is 0.246 e. The third kappa shape index (κ3) is 7.11. The predicted molar refractivity (Wildman–Crippen MR) is 141 cm³/mol. The number of carbonyl (C=O) groups excluding carboxylic acids is 5. The van der Waals surface area contributed by atoms with Crippen molar-refractivity contribution in [2.75, 3.05) is 6.54 Å². The summed E-state index contributed by atoms with van der Waals surface area (Å²) < 4.78 is 5.70. The second kappa shape index (κ2) is 12.9. The van der Waals surface area contributed by atoms with Crippen LogP contribution in [0, 0.1) is 0 Å². The fourth-order valence-electron chi connectivity index (χ4n) is 4.84. The van der Waals surface area contributed by atoms with E-state index in [0.717, 1.165) is 11.8 Å². The smallest absolute Gasteiger partial charge is 0.246 e. The molecule has 0 radical (unpaired) electrons. The third-order valence-corrected chi connectivity index (χ3v) is 7.23. The summed E-state index contributed by atoms with van der Waals surface area (Å²) in [5.41, 5.74) is -0.480. The SMILES string of the molecule is CC[C@]1(C)NC(=O)[C@H](CCCC=O)NC(=O)[C@H]2CCCN2C(=O)[C@H](Cc2ccc(OC(C)C)cc2)NC1=O. The molecule has 4 amide bonds. The van der Waals surface area contributed by atoms with E-state index in [0.29, 0.717) is 31.6 Å². The summed E-state index contributed by atoms with van der Waals surface area (Å²) in [4.78, 5) is 66.2. The van der Waals surface area contributed by atoms with Crippen LogP contribution in [0.2, 0.25) is 0 Å². The number of benzene rings is 1. The molecule has 2 aliphatic rings. The van der Waals surface area contributed by atoms with Gasteiger partial charge in [0.25, 0.3) is 0 Å². The van der Waals surface area contributed by atoms with Crippen molar-refractivity contribution in [1.29, 1.82) is 0 Å². The number of unbranched alkanes of at least 4 members (excludes halogenated alkanes) is 1. The first-order valence-electron chi connectivity index (χ1n) is 13.5. The van der Waals surface area contributed by atoms with Crippen molar-refractivity contribution in [2.45, 2.75) is 102 Å². The molecule has 10 nitrogen and oxygen atoms in total. The van der Waals surface area contributed by atoms with Crippen LogP contribution in [0.1, 0.15) is 71.8 Å². The van der Waals surface area contributed by atoms with Crippen LogP contribution in [-0.4, -0.2) is 71.1 Å². The van der Waals surface area contributed by atoms with E-state index >= 15 is 0 Å². The minimum atomic E-state index is -1.30. The van der Waals surface area contributed by atoms with Gasteiger partial charge in [-0.05, 0) is 70.6 Å². The van der Waals surface area contributed by atoms with Gasteiger partial charge in [-0.2, -0.15) is 0 Å². The van der Waals surface area contributed by atoms with E-state index in [1.165, 1.54) is 4.90 Å². The van der Waals surface area contributed by atoms with Gasteiger partial charge in [-0.1, -0.05) is 19.1 Å². The number of ether oxygens (including phenoxy) is 1. The number of rotatable bonds is 9. The number of amides is 4. The first-order valence-corrected chi connectivity index (χ1v) is 13.5. The summed E-state index contributed by atoms with van der Waals surface area (Å²) in [6, 6.07) is 4.79. The van der Waals surface area contributed by atoms with Gasteiger partial charge >= 0.3 is 0 Å². The lowest BCUT2D eigenvalue weighted by Crippen LogP contribution is -2.65. The molecule has 38 heavy (non-hydrogen) atoms. The standard InChI is InChI=1S/C28H40N4O6/c1-5-28(4)27(37)30-22(17-19-11-13-20(14-12-19)38-18(2)3)26(36)32-15-8-10-23(32)25(35)29-21(24(34)31-28)9-6-7-16-33/h11-14,16,18,21-23H,5-10,15,17H2,1-4H3,(H,29,35)(H,30,37)(H,31,34)/t21-,22-,23+,28-/m0/s1. The molecular formula is C28H40N4O6. The molecule has 2 heterocycles. The summed E-state index contributed by atoms with van der Waals surface area (Å²) in [6.45, 7) is 7.64. The van der Waals surface area contributed by atoms with Gasteiger partial charge in [0.05, 0.1) is 6.10 Å². The molecule has 2 saturated heterocycles. The Morgan fingerprint density at radius 3 is 2.42 bits per heavy atom. The normalized spacial score (nSPS) is 26.6. The maximum absolute atomic E-state index is 13.8. The van der Waals surface area contributed by atoms with E-state index in [2.05, 4.69) is 16.0 Å². The number of hydrogen-bond donors (Lipinski definition) is 3. The molecule has 2 fully saturated rings. The second-order valence-electron chi connectivity index (χ2n) is 10.6. The molecule has 0 aromatic heterocycles. The zero-order valence-electron chi connectivity index (χ0n) is 22.7. The van der Waals surface area contributed by atoms with Crippen LogP contribution in [0.4, 0.5) is 0 Å². The van der Waals surface area contributed by atoms with E-state index in [-0.39, 0.29) is 37.7 Å². The predicted octanol–water partition coefficient (Wildman–Crippen LogP) is 1.64. The summed E-state index contributed by atoms with van der Waals surface area (Å²) >= 11 is 0. The van der Waals surface area contributed by atoms with Crippen molar-refractivity contribution in [3.8, 4) is 5.75 Å². The molecule has 3 rings (SSSR count). The maximum atomic E-state index is 13.8. The van der Waals surface area contributed by atoms with Gasteiger partial charge in [0.15, 0.2) is 0 Å². The molecule has 2 aliphatic heterocycles. The fourth-order valence-corrected chi connectivity index (χ4v) is 4.84. The number of nitrogens with one attached hydrogen (secondary N) is 3. The molecule has 0 bridgehead atoms. The lowest BCUT2D eigenvalue weighted by atomic mass is 9.94. The van der Waals surface area contributed by atoms with Crippen molar-refractivity contribution in [2.24, 2.45) is 0 Å². The highest BCUT2D eigenvalue weighted by atomic mass is 16.5. The Bertz CT molecular complexity index is 1030. The topological polar surface area (TPSA) is 134 Å². The first kappa shape index (κ1) is 29.1. The van der Waals surface area contributed by atoms with Gasteiger partial charge in [0, 0.05) is 19.4 Å². The molecule has 10 heteroatoms. The average molecular weight is 529 g/mol. The summed E-state index contributed by atoms with van der Waals surface area (Å²) in [5, 5.41) is 8.47. The molecule has 3 N–H and O–H groups in total. The molecular weight excluding hydrogens is 488 g/mol. The first-order chi connectivity index (χ1) is 18.1. The van der Waals surface area contributed by atoms with E-state index in [1.54, 1.807) is 13.8 Å². The Hall–Kier alpha value is -3.43. The van der Waals surface area contributed by atoms with E-state index in [1.807, 2.05) is 38.1 Å². The molecule has 0 unspecified atom stereocenters. The van der Waals surface area contributed by atoms with Gasteiger partial charge < -0.3 is 30.4 Å². The molecule has 4 atom stereocenters. The lowest BCUT2D eigenvalue weighted by molar-refractivity contribution is -0.144. The Kier molecular flexibility index (Phi) is 9.88. The highest BCUT2D eigenvalue weighted by Gasteiger charge is 2.43. The molecule has 0 saturated carbocycles. The van der Waals surface area contributed by atoms with Crippen LogP contribution in [0.5, 0.6) is 5.75 Å². The summed E-state index contributed by atoms with van der Waals surface area (Å²) in [6.07, 6.45) is 3.30. The largest absolute Gasteiger partial charge is 0.491 e. The van der Waals surface area contributed by atoms with E-state index in [9.17, 15) is 24.0 Å². The van der Waals surface area contributed by atoms with Crippen LogP contribution < -0.4 is 20.7 Å². The number of fused-ring (bicyclic) bond motifs is 1. The van der Waals surface area contributed by atoms with Crippen molar-refractivity contribution < 1.29 is 28.7 Å². The average Bonchev–Trinajstić information content (AvgIpc) is 3.37. The number of nitrogens with zero attached hydrogens (tertiary/aromatic N) is 1. The van der Waals surface area contributed by atoms with Gasteiger partial charge in [-0.3, -0.25) is 19.2 Å². The Morgan fingerprint density at radius 2 is 1.79 bits per heavy atom. The van der Waals surface area contributed by atoms with Crippen LogP contribution in [0.25, 0.3) is 0 Å². The minimum Gasteiger partial charge on any atom is -0.491 e. The van der Waals surface area contributed by atoms with Gasteiger partial charge in [-0.25, -0.2) is 0 Å². The molecule has 0 aliphatic carbocycles. The van der Waals surface area contributed by atoms with Crippen LogP contribution in [0.15, 0.2) is 24.3 Å². The molecule has 1 aromatic carbocycles. The van der Waals surface area contributed by atoms with Crippen LogP contribution in [0.3, 0.4) is 0 Å². The third-order valence-electron chi connectivity index (χ3n) is 7.23. The van der Waals surface area contributed by atoms with Crippen LogP contribution in [-0.2, 0) is 30.4 Å². The van der Waals surface area contributed by atoms with E-state index < -0.39 is 41.4 Å². The fraction of sp³-hybridized carbons (Fsp3) is 0.607.